The third kappa shape index (κ3) is 1.88. The number of hydrogen-bond acceptors (Lipinski definition) is 3. The van der Waals surface area contributed by atoms with Gasteiger partial charge in [-0.05, 0) is 28.7 Å². The molecule has 0 saturated heterocycles. The molecular formula is C8H9IN2O. The molecule has 2 N–H and O–H groups in total. The van der Waals surface area contributed by atoms with Crippen molar-refractivity contribution in [3.05, 3.63) is 28.0 Å². The van der Waals surface area contributed by atoms with Crippen molar-refractivity contribution in [1.82, 2.24) is 4.98 Å². The molecule has 1 aromatic rings. The van der Waals surface area contributed by atoms with E-state index in [1.807, 2.05) is 6.07 Å². The van der Waals surface area contributed by atoms with Gasteiger partial charge in [0.1, 0.15) is 11.6 Å². The monoisotopic (exact) mass is 276 g/mol. The van der Waals surface area contributed by atoms with Crippen LogP contribution in [0.15, 0.2) is 18.8 Å². The number of aromatic nitrogens is 1. The lowest BCUT2D eigenvalue weighted by Crippen LogP contribution is -1.95. The van der Waals surface area contributed by atoms with E-state index in [-0.39, 0.29) is 0 Å². The number of halogens is 1. The number of pyridine rings is 1. The highest BCUT2D eigenvalue weighted by atomic mass is 127. The molecule has 0 fully saturated rings. The maximum atomic E-state index is 5.54. The van der Waals surface area contributed by atoms with Crippen LogP contribution in [0.3, 0.4) is 0 Å². The fourth-order valence-corrected chi connectivity index (χ4v) is 1.19. The Kier molecular flexibility index (Phi) is 2.91. The summed E-state index contributed by atoms with van der Waals surface area (Å²) in [5.74, 6) is 1.13. The van der Waals surface area contributed by atoms with Crippen LogP contribution in [0.2, 0.25) is 0 Å². The fraction of sp³-hybridized carbons (Fsp3) is 0.125. The van der Waals surface area contributed by atoms with E-state index in [2.05, 4.69) is 34.2 Å². The number of rotatable bonds is 2. The number of anilines is 1. The quantitative estimate of drug-likeness (QED) is 0.662. The van der Waals surface area contributed by atoms with E-state index in [1.165, 1.54) is 0 Å². The van der Waals surface area contributed by atoms with Crippen molar-refractivity contribution in [2.45, 2.75) is 0 Å². The van der Waals surface area contributed by atoms with Crippen LogP contribution < -0.4 is 5.73 Å². The third-order valence-corrected chi connectivity index (χ3v) is 2.30. The Morgan fingerprint density at radius 3 is 2.92 bits per heavy atom. The first-order valence-corrected chi connectivity index (χ1v) is 4.37. The molecule has 0 unspecified atom stereocenters. The molecule has 0 aliphatic rings. The summed E-state index contributed by atoms with van der Waals surface area (Å²) in [6, 6.07) is 1.88. The molecule has 0 bridgehead atoms. The second-order valence-electron chi connectivity index (χ2n) is 2.22. The summed E-state index contributed by atoms with van der Waals surface area (Å²) in [6.45, 7) is 3.71. The van der Waals surface area contributed by atoms with Crippen LogP contribution in [0.4, 0.5) is 5.82 Å². The number of nitrogens with two attached hydrogens (primary N) is 1. The van der Waals surface area contributed by atoms with E-state index in [0.29, 0.717) is 11.6 Å². The summed E-state index contributed by atoms with van der Waals surface area (Å²) in [7, 11) is 1.57. The van der Waals surface area contributed by atoms with Gasteiger partial charge in [-0.3, -0.25) is 0 Å². The summed E-state index contributed by atoms with van der Waals surface area (Å²) in [5, 5.41) is 0. The van der Waals surface area contributed by atoms with Gasteiger partial charge in [-0.1, -0.05) is 6.58 Å². The van der Waals surface area contributed by atoms with Crippen LogP contribution in [0.1, 0.15) is 5.56 Å². The molecule has 1 aromatic heterocycles. The number of nitrogen functional groups attached to an aromatic ring is 1. The van der Waals surface area contributed by atoms with Crippen LogP contribution in [0, 0.1) is 3.57 Å². The van der Waals surface area contributed by atoms with E-state index in [1.54, 1.807) is 13.3 Å². The summed E-state index contributed by atoms with van der Waals surface area (Å²) >= 11 is 2.12. The molecule has 0 atom stereocenters. The molecule has 4 heteroatoms. The number of ether oxygens (including phenoxy) is 1. The minimum Gasteiger partial charge on any atom is -0.497 e. The van der Waals surface area contributed by atoms with Gasteiger partial charge in [-0.25, -0.2) is 4.98 Å². The topological polar surface area (TPSA) is 48.1 Å². The van der Waals surface area contributed by atoms with Gasteiger partial charge in [0, 0.05) is 11.8 Å². The molecule has 0 aliphatic carbocycles. The first kappa shape index (κ1) is 9.31. The lowest BCUT2D eigenvalue weighted by atomic mass is 10.2. The molecule has 12 heavy (non-hydrogen) atoms. The molecule has 0 spiro atoms. The fourth-order valence-electron chi connectivity index (χ4n) is 0.719. The van der Waals surface area contributed by atoms with Gasteiger partial charge in [0.25, 0.3) is 0 Å². The molecular weight excluding hydrogens is 267 g/mol. The Morgan fingerprint density at radius 2 is 2.42 bits per heavy atom. The molecule has 0 aliphatic heterocycles. The van der Waals surface area contributed by atoms with E-state index in [9.17, 15) is 0 Å². The minimum atomic E-state index is 0.531. The lowest BCUT2D eigenvalue weighted by Gasteiger charge is -2.04. The Morgan fingerprint density at radius 1 is 1.75 bits per heavy atom. The highest BCUT2D eigenvalue weighted by Crippen LogP contribution is 2.18. The second-order valence-corrected chi connectivity index (χ2v) is 3.38. The zero-order valence-electron chi connectivity index (χ0n) is 6.67. The van der Waals surface area contributed by atoms with Crippen molar-refractivity contribution in [3.63, 3.8) is 0 Å². The van der Waals surface area contributed by atoms with Crippen LogP contribution >= 0.6 is 22.6 Å². The maximum Gasteiger partial charge on any atom is 0.136 e. The zero-order valence-corrected chi connectivity index (χ0v) is 8.83. The Bertz CT molecular complexity index is 312. The highest BCUT2D eigenvalue weighted by Gasteiger charge is 2.02. The lowest BCUT2D eigenvalue weighted by molar-refractivity contribution is 0.371. The predicted molar refractivity (Wildman–Crippen MR) is 57.4 cm³/mol. The first-order valence-electron chi connectivity index (χ1n) is 3.29. The van der Waals surface area contributed by atoms with Gasteiger partial charge in [-0.2, -0.15) is 0 Å². The zero-order chi connectivity index (χ0) is 9.14. The molecule has 0 aromatic carbocycles. The van der Waals surface area contributed by atoms with Gasteiger partial charge < -0.3 is 10.5 Å². The van der Waals surface area contributed by atoms with Gasteiger partial charge in [-0.15, -0.1) is 0 Å². The molecule has 1 heterocycles. The summed E-state index contributed by atoms with van der Waals surface area (Å²) < 4.78 is 5.86. The normalized spacial score (nSPS) is 9.50. The third-order valence-electron chi connectivity index (χ3n) is 1.44. The Balaban J connectivity index is 3.05. The van der Waals surface area contributed by atoms with E-state index in [4.69, 9.17) is 10.5 Å². The molecule has 1 rings (SSSR count). The van der Waals surface area contributed by atoms with E-state index < -0.39 is 0 Å². The van der Waals surface area contributed by atoms with Crippen LogP contribution in [-0.2, 0) is 4.74 Å². The van der Waals surface area contributed by atoms with Crippen molar-refractivity contribution in [1.29, 1.82) is 0 Å². The van der Waals surface area contributed by atoms with Crippen LogP contribution in [-0.4, -0.2) is 12.1 Å². The van der Waals surface area contributed by atoms with Crippen molar-refractivity contribution >= 4 is 34.2 Å². The smallest absolute Gasteiger partial charge is 0.136 e. The highest BCUT2D eigenvalue weighted by molar-refractivity contribution is 14.1. The van der Waals surface area contributed by atoms with Crippen molar-refractivity contribution < 1.29 is 4.74 Å². The Hall–Kier alpha value is -0.780. The summed E-state index contributed by atoms with van der Waals surface area (Å²) in [4.78, 5) is 3.98. The van der Waals surface area contributed by atoms with E-state index >= 15 is 0 Å². The average Bonchev–Trinajstić information content (AvgIpc) is 2.08. The Labute approximate surface area is 84.8 Å². The minimum absolute atomic E-state index is 0.531. The van der Waals surface area contributed by atoms with Crippen LogP contribution in [0.5, 0.6) is 0 Å². The average molecular weight is 276 g/mol. The largest absolute Gasteiger partial charge is 0.497 e. The predicted octanol–water partition coefficient (Wildman–Crippen LogP) is 1.89. The van der Waals surface area contributed by atoms with Crippen molar-refractivity contribution in [2.24, 2.45) is 0 Å². The maximum absolute atomic E-state index is 5.54. The van der Waals surface area contributed by atoms with Crippen molar-refractivity contribution in [2.75, 3.05) is 12.8 Å². The van der Waals surface area contributed by atoms with Crippen LogP contribution in [0.25, 0.3) is 5.76 Å². The molecule has 0 amide bonds. The van der Waals surface area contributed by atoms with Gasteiger partial charge in [0.2, 0.25) is 0 Å². The summed E-state index contributed by atoms with van der Waals surface area (Å²) in [6.07, 6.45) is 1.64. The SMILES string of the molecule is C=C(OC)c1cnc(N)c(I)c1. The van der Waals surface area contributed by atoms with Crippen molar-refractivity contribution in [3.8, 4) is 0 Å². The first-order chi connectivity index (χ1) is 5.65. The molecule has 3 nitrogen and oxygen atoms in total. The number of hydrogen-bond donors (Lipinski definition) is 1. The van der Waals surface area contributed by atoms with Gasteiger partial charge in [0.15, 0.2) is 0 Å². The molecule has 0 radical (unpaired) electrons. The van der Waals surface area contributed by atoms with E-state index in [0.717, 1.165) is 9.13 Å². The second kappa shape index (κ2) is 3.75. The standard InChI is InChI=1S/C8H9IN2O/c1-5(12-2)6-3-7(9)8(10)11-4-6/h3-4H,1H2,2H3,(H2,10,11). The van der Waals surface area contributed by atoms with Gasteiger partial charge in [0.05, 0.1) is 10.7 Å². The number of nitrogens with zero attached hydrogens (tertiary/aromatic N) is 1. The summed E-state index contributed by atoms with van der Waals surface area (Å²) in [5.41, 5.74) is 6.40. The molecule has 0 saturated carbocycles. The number of methoxy groups -OCH3 is 1. The molecule has 64 valence electrons. The van der Waals surface area contributed by atoms with Gasteiger partial charge >= 0.3 is 0 Å².